The maximum absolute atomic E-state index is 2.30. The van der Waals surface area contributed by atoms with E-state index in [0.717, 1.165) is 0 Å². The lowest BCUT2D eigenvalue weighted by atomic mass is 9.88. The predicted octanol–water partition coefficient (Wildman–Crippen LogP) is 4.79. The highest BCUT2D eigenvalue weighted by Crippen LogP contribution is 2.22. The third-order valence-corrected chi connectivity index (χ3v) is 2.81. The van der Waals surface area contributed by atoms with Crippen LogP contribution in [-0.2, 0) is 6.42 Å². The summed E-state index contributed by atoms with van der Waals surface area (Å²) in [4.78, 5) is 0. The summed E-state index contributed by atoms with van der Waals surface area (Å²) in [5.41, 5.74) is 3.35. The summed E-state index contributed by atoms with van der Waals surface area (Å²) < 4.78 is 0. The molecule has 0 nitrogen and oxygen atoms in total. The Kier molecular flexibility index (Phi) is 3.96. The largest absolute Gasteiger partial charge is 0.0602 e. The number of hydrogen-bond acceptors (Lipinski definition) is 0. The Labute approximate surface area is 94.7 Å². The van der Waals surface area contributed by atoms with Crippen molar-refractivity contribution in [3.8, 4) is 0 Å². The summed E-state index contributed by atoms with van der Waals surface area (Å²) in [6, 6.07) is 9.09. The van der Waals surface area contributed by atoms with Gasteiger partial charge in [0.1, 0.15) is 0 Å². The lowest BCUT2D eigenvalue weighted by molar-refractivity contribution is 0.378. The Balaban J connectivity index is 2.57. The first-order valence-corrected chi connectivity index (χ1v) is 5.97. The van der Waals surface area contributed by atoms with Crippen molar-refractivity contribution < 1.29 is 0 Å². The minimum Gasteiger partial charge on any atom is -0.0602 e. The van der Waals surface area contributed by atoms with Crippen molar-refractivity contribution in [2.24, 2.45) is 5.41 Å². The standard InChI is InChI=1S/C15H24/c1-12(2)14-8-6-13(7-9-14)10-11-15(3,4)5/h6-9,12H,10-11H2,1-5H3. The van der Waals surface area contributed by atoms with Crippen LogP contribution in [0.4, 0.5) is 0 Å². The van der Waals surface area contributed by atoms with Gasteiger partial charge in [0, 0.05) is 0 Å². The monoisotopic (exact) mass is 204 g/mol. The molecule has 1 rings (SSSR count). The summed E-state index contributed by atoms with van der Waals surface area (Å²) in [5.74, 6) is 0.640. The van der Waals surface area contributed by atoms with Gasteiger partial charge in [-0.2, -0.15) is 0 Å². The third kappa shape index (κ3) is 4.51. The van der Waals surface area contributed by atoms with Crippen molar-refractivity contribution in [1.29, 1.82) is 0 Å². The SMILES string of the molecule is CC(C)c1ccc(CCC(C)(C)C)cc1. The Bertz CT molecular complexity index is 285. The number of hydrogen-bond donors (Lipinski definition) is 0. The van der Waals surface area contributed by atoms with Crippen molar-refractivity contribution >= 4 is 0 Å². The molecule has 0 atom stereocenters. The second-order valence-electron chi connectivity index (χ2n) is 5.96. The van der Waals surface area contributed by atoms with E-state index in [9.17, 15) is 0 Å². The zero-order valence-electron chi connectivity index (χ0n) is 10.8. The Morgan fingerprint density at radius 3 is 1.93 bits per heavy atom. The molecule has 0 unspecified atom stereocenters. The first-order chi connectivity index (χ1) is 6.88. The minimum absolute atomic E-state index is 0.441. The Hall–Kier alpha value is -0.780. The average Bonchev–Trinajstić information content (AvgIpc) is 2.14. The van der Waals surface area contributed by atoms with Crippen LogP contribution in [0.1, 0.15) is 58.1 Å². The van der Waals surface area contributed by atoms with Gasteiger partial charge < -0.3 is 0 Å². The van der Waals surface area contributed by atoms with Crippen LogP contribution in [0.2, 0.25) is 0 Å². The van der Waals surface area contributed by atoms with Gasteiger partial charge in [0.05, 0.1) is 0 Å². The van der Waals surface area contributed by atoms with E-state index in [4.69, 9.17) is 0 Å². The third-order valence-electron chi connectivity index (χ3n) is 2.81. The molecule has 0 aliphatic carbocycles. The van der Waals surface area contributed by atoms with E-state index in [1.165, 1.54) is 24.0 Å². The fourth-order valence-electron chi connectivity index (χ4n) is 1.59. The fourth-order valence-corrected chi connectivity index (χ4v) is 1.59. The maximum atomic E-state index is 2.30. The average molecular weight is 204 g/mol. The van der Waals surface area contributed by atoms with Gasteiger partial charge in [0.2, 0.25) is 0 Å². The summed E-state index contributed by atoms with van der Waals surface area (Å²) in [7, 11) is 0. The van der Waals surface area contributed by atoms with Crippen LogP contribution in [0, 0.1) is 5.41 Å². The van der Waals surface area contributed by atoms with Gasteiger partial charge in [-0.25, -0.2) is 0 Å². The van der Waals surface area contributed by atoms with Crippen LogP contribution in [0.25, 0.3) is 0 Å². The smallest absolute Gasteiger partial charge is 0.0219 e. The van der Waals surface area contributed by atoms with E-state index in [-0.39, 0.29) is 0 Å². The van der Waals surface area contributed by atoms with Crippen molar-refractivity contribution in [2.75, 3.05) is 0 Å². The second kappa shape index (κ2) is 4.83. The lowest BCUT2D eigenvalue weighted by Crippen LogP contribution is -2.06. The zero-order valence-corrected chi connectivity index (χ0v) is 10.8. The van der Waals surface area contributed by atoms with E-state index < -0.39 is 0 Å². The molecule has 0 saturated carbocycles. The molecule has 0 heterocycles. The van der Waals surface area contributed by atoms with Crippen LogP contribution >= 0.6 is 0 Å². The highest BCUT2D eigenvalue weighted by atomic mass is 14.1. The Morgan fingerprint density at radius 1 is 1.00 bits per heavy atom. The van der Waals surface area contributed by atoms with Gasteiger partial charge in [0.25, 0.3) is 0 Å². The molecule has 0 aliphatic rings. The summed E-state index contributed by atoms with van der Waals surface area (Å²) in [6.45, 7) is 11.4. The molecule has 0 amide bonds. The summed E-state index contributed by atoms with van der Waals surface area (Å²) in [6.07, 6.45) is 2.45. The number of benzene rings is 1. The highest BCUT2D eigenvalue weighted by molar-refractivity contribution is 5.24. The summed E-state index contributed by atoms with van der Waals surface area (Å²) in [5, 5.41) is 0. The van der Waals surface area contributed by atoms with Gasteiger partial charge in [-0.15, -0.1) is 0 Å². The maximum Gasteiger partial charge on any atom is -0.0219 e. The van der Waals surface area contributed by atoms with Gasteiger partial charge in [-0.3, -0.25) is 0 Å². The normalized spacial score (nSPS) is 12.1. The van der Waals surface area contributed by atoms with Crippen LogP contribution in [0.5, 0.6) is 0 Å². The van der Waals surface area contributed by atoms with Crippen LogP contribution < -0.4 is 0 Å². The molecule has 0 saturated heterocycles. The van der Waals surface area contributed by atoms with E-state index in [2.05, 4.69) is 58.9 Å². The first-order valence-electron chi connectivity index (χ1n) is 5.97. The Morgan fingerprint density at radius 2 is 1.53 bits per heavy atom. The molecule has 0 spiro atoms. The van der Waals surface area contributed by atoms with Crippen LogP contribution in [0.3, 0.4) is 0 Å². The van der Waals surface area contributed by atoms with E-state index >= 15 is 0 Å². The van der Waals surface area contributed by atoms with E-state index in [1.54, 1.807) is 0 Å². The molecule has 0 aliphatic heterocycles. The molecule has 1 aromatic rings. The molecule has 0 bridgehead atoms. The molecule has 0 N–H and O–H groups in total. The topological polar surface area (TPSA) is 0 Å². The van der Waals surface area contributed by atoms with Crippen molar-refractivity contribution in [3.63, 3.8) is 0 Å². The van der Waals surface area contributed by atoms with E-state index in [1.807, 2.05) is 0 Å². The molecule has 84 valence electrons. The molecule has 15 heavy (non-hydrogen) atoms. The van der Waals surface area contributed by atoms with Gasteiger partial charge >= 0.3 is 0 Å². The van der Waals surface area contributed by atoms with Crippen molar-refractivity contribution in [3.05, 3.63) is 35.4 Å². The molecule has 0 fully saturated rings. The number of aryl methyl sites for hydroxylation is 1. The molecule has 0 heteroatoms. The molecular weight excluding hydrogens is 180 g/mol. The van der Waals surface area contributed by atoms with Crippen LogP contribution in [0.15, 0.2) is 24.3 Å². The van der Waals surface area contributed by atoms with E-state index in [0.29, 0.717) is 11.3 Å². The lowest BCUT2D eigenvalue weighted by Gasteiger charge is -2.17. The zero-order chi connectivity index (χ0) is 11.5. The van der Waals surface area contributed by atoms with Crippen molar-refractivity contribution in [2.45, 2.75) is 53.4 Å². The second-order valence-corrected chi connectivity index (χ2v) is 5.96. The molecule has 0 radical (unpaired) electrons. The summed E-state index contributed by atoms with van der Waals surface area (Å²) >= 11 is 0. The van der Waals surface area contributed by atoms with Crippen LogP contribution in [-0.4, -0.2) is 0 Å². The highest BCUT2D eigenvalue weighted by Gasteiger charge is 2.09. The predicted molar refractivity (Wildman–Crippen MR) is 68.3 cm³/mol. The molecule has 0 aromatic heterocycles. The van der Waals surface area contributed by atoms with Gasteiger partial charge in [0.15, 0.2) is 0 Å². The van der Waals surface area contributed by atoms with Crippen molar-refractivity contribution in [1.82, 2.24) is 0 Å². The van der Waals surface area contributed by atoms with Gasteiger partial charge in [-0.05, 0) is 35.3 Å². The number of rotatable bonds is 3. The minimum atomic E-state index is 0.441. The quantitative estimate of drug-likeness (QED) is 0.664. The molecule has 1 aromatic carbocycles. The molecular formula is C15H24. The fraction of sp³-hybridized carbons (Fsp3) is 0.600. The van der Waals surface area contributed by atoms with Gasteiger partial charge in [-0.1, -0.05) is 58.9 Å². The first kappa shape index (κ1) is 12.3.